The molecule has 94 valence electrons. The lowest BCUT2D eigenvalue weighted by molar-refractivity contribution is 0.265. The maximum absolute atomic E-state index is 9.71. The van der Waals surface area contributed by atoms with Gasteiger partial charge in [0.15, 0.2) is 0 Å². The van der Waals surface area contributed by atoms with Crippen molar-refractivity contribution in [1.29, 1.82) is 0 Å². The average molecular weight is 243 g/mol. The number of phenols is 1. The lowest BCUT2D eigenvalue weighted by atomic mass is 9.99. The van der Waals surface area contributed by atoms with Gasteiger partial charge in [0.1, 0.15) is 5.75 Å². The van der Waals surface area contributed by atoms with E-state index in [1.54, 1.807) is 6.07 Å². The molecule has 0 fully saturated rings. The van der Waals surface area contributed by atoms with Crippen molar-refractivity contribution in [2.75, 3.05) is 6.61 Å². The highest BCUT2D eigenvalue weighted by Crippen LogP contribution is 2.24. The van der Waals surface area contributed by atoms with Crippen LogP contribution in [0, 0.1) is 0 Å². The molecule has 0 saturated carbocycles. The van der Waals surface area contributed by atoms with Gasteiger partial charge in [-0.1, -0.05) is 42.5 Å². The zero-order valence-corrected chi connectivity index (χ0v) is 10.1. The van der Waals surface area contributed by atoms with Crippen LogP contribution in [0.4, 0.5) is 0 Å². The molecule has 2 aromatic carbocycles. The maximum Gasteiger partial charge on any atom is 0.120 e. The van der Waals surface area contributed by atoms with Crippen LogP contribution in [0.3, 0.4) is 0 Å². The molecule has 0 aliphatic rings. The Kier molecular flexibility index (Phi) is 3.97. The monoisotopic (exact) mass is 243 g/mol. The van der Waals surface area contributed by atoms with Gasteiger partial charge < -0.3 is 15.9 Å². The summed E-state index contributed by atoms with van der Waals surface area (Å²) in [7, 11) is 0. The molecule has 0 aliphatic heterocycles. The molecule has 2 aromatic rings. The second-order valence-electron chi connectivity index (χ2n) is 4.34. The second kappa shape index (κ2) is 5.67. The maximum atomic E-state index is 9.71. The Bertz CT molecular complexity index is 511. The minimum atomic E-state index is -0.541. The largest absolute Gasteiger partial charge is 0.508 e. The number of phenolic OH excluding ortho intramolecular Hbond substituents is 1. The standard InChI is InChI=1S/C15H17NO2/c16-14(10-17)13-9-12(6-7-15(13)18)8-11-4-2-1-3-5-11/h1-7,9,14,17-18H,8,10,16H2/t14-/m0/s1. The molecule has 2 rings (SSSR count). The minimum Gasteiger partial charge on any atom is -0.508 e. The van der Waals surface area contributed by atoms with E-state index in [9.17, 15) is 5.11 Å². The molecule has 0 heterocycles. The molecule has 0 bridgehead atoms. The molecule has 0 spiro atoms. The highest BCUT2D eigenvalue weighted by Gasteiger charge is 2.10. The zero-order chi connectivity index (χ0) is 13.0. The molecule has 1 atom stereocenters. The fourth-order valence-corrected chi connectivity index (χ4v) is 1.94. The topological polar surface area (TPSA) is 66.5 Å². The Morgan fingerprint density at radius 2 is 1.72 bits per heavy atom. The number of aliphatic hydroxyl groups excluding tert-OH is 1. The van der Waals surface area contributed by atoms with E-state index in [0.29, 0.717) is 5.56 Å². The molecule has 4 N–H and O–H groups in total. The Morgan fingerprint density at radius 3 is 2.39 bits per heavy atom. The minimum absolute atomic E-state index is 0.133. The van der Waals surface area contributed by atoms with Crippen molar-refractivity contribution >= 4 is 0 Å². The van der Waals surface area contributed by atoms with Crippen molar-refractivity contribution in [3.63, 3.8) is 0 Å². The molecular formula is C15H17NO2. The van der Waals surface area contributed by atoms with Gasteiger partial charge in [-0.3, -0.25) is 0 Å². The van der Waals surface area contributed by atoms with E-state index in [4.69, 9.17) is 10.8 Å². The molecule has 3 heteroatoms. The van der Waals surface area contributed by atoms with Gasteiger partial charge in [-0.05, 0) is 23.6 Å². The molecular weight excluding hydrogens is 226 g/mol. The molecule has 0 aliphatic carbocycles. The lowest BCUT2D eigenvalue weighted by Gasteiger charge is -2.12. The quantitative estimate of drug-likeness (QED) is 0.769. The summed E-state index contributed by atoms with van der Waals surface area (Å²) in [6, 6.07) is 14.9. The van der Waals surface area contributed by atoms with Gasteiger partial charge in [-0.15, -0.1) is 0 Å². The second-order valence-corrected chi connectivity index (χ2v) is 4.34. The van der Waals surface area contributed by atoms with Crippen LogP contribution < -0.4 is 5.73 Å². The van der Waals surface area contributed by atoms with Gasteiger partial charge >= 0.3 is 0 Å². The Labute approximate surface area is 107 Å². The van der Waals surface area contributed by atoms with Gasteiger partial charge in [-0.25, -0.2) is 0 Å². The summed E-state index contributed by atoms with van der Waals surface area (Å²) >= 11 is 0. The highest BCUT2D eigenvalue weighted by atomic mass is 16.3. The van der Waals surface area contributed by atoms with Crippen LogP contribution in [-0.2, 0) is 6.42 Å². The summed E-state index contributed by atoms with van der Waals surface area (Å²) in [5.41, 5.74) is 8.60. The first-order chi connectivity index (χ1) is 8.70. The molecule has 18 heavy (non-hydrogen) atoms. The van der Waals surface area contributed by atoms with E-state index in [1.807, 2.05) is 30.3 Å². The van der Waals surface area contributed by atoms with Crippen molar-refractivity contribution in [2.24, 2.45) is 5.73 Å². The normalized spacial score (nSPS) is 12.3. The number of aromatic hydroxyl groups is 1. The van der Waals surface area contributed by atoms with Gasteiger partial charge in [-0.2, -0.15) is 0 Å². The lowest BCUT2D eigenvalue weighted by Crippen LogP contribution is -2.14. The number of rotatable bonds is 4. The molecule has 3 nitrogen and oxygen atoms in total. The van der Waals surface area contributed by atoms with Crippen LogP contribution in [0.1, 0.15) is 22.7 Å². The van der Waals surface area contributed by atoms with Crippen molar-refractivity contribution in [1.82, 2.24) is 0 Å². The molecule has 0 amide bonds. The van der Waals surface area contributed by atoms with E-state index >= 15 is 0 Å². The van der Waals surface area contributed by atoms with Crippen molar-refractivity contribution in [3.05, 3.63) is 65.2 Å². The summed E-state index contributed by atoms with van der Waals surface area (Å²) in [5.74, 6) is 0.133. The van der Waals surface area contributed by atoms with Gasteiger partial charge in [0.05, 0.1) is 12.6 Å². The Balaban J connectivity index is 2.25. The average Bonchev–Trinajstić information content (AvgIpc) is 2.41. The number of benzene rings is 2. The van der Waals surface area contributed by atoms with Crippen LogP contribution in [0.5, 0.6) is 5.75 Å². The Morgan fingerprint density at radius 1 is 1.00 bits per heavy atom. The fourth-order valence-electron chi connectivity index (χ4n) is 1.94. The van der Waals surface area contributed by atoms with Gasteiger partial charge in [0.25, 0.3) is 0 Å². The van der Waals surface area contributed by atoms with E-state index in [0.717, 1.165) is 12.0 Å². The van der Waals surface area contributed by atoms with Crippen LogP contribution in [0.25, 0.3) is 0 Å². The van der Waals surface area contributed by atoms with Gasteiger partial charge in [0, 0.05) is 5.56 Å². The first kappa shape index (κ1) is 12.6. The molecule has 0 unspecified atom stereocenters. The van der Waals surface area contributed by atoms with Crippen LogP contribution in [0.15, 0.2) is 48.5 Å². The van der Waals surface area contributed by atoms with Crippen molar-refractivity contribution in [3.8, 4) is 5.75 Å². The zero-order valence-electron chi connectivity index (χ0n) is 10.1. The summed E-state index contributed by atoms with van der Waals surface area (Å²) in [5, 5.41) is 18.8. The van der Waals surface area contributed by atoms with E-state index in [-0.39, 0.29) is 12.4 Å². The van der Waals surface area contributed by atoms with E-state index < -0.39 is 6.04 Å². The molecule has 0 aromatic heterocycles. The summed E-state index contributed by atoms with van der Waals surface area (Å²) in [6.07, 6.45) is 0.784. The summed E-state index contributed by atoms with van der Waals surface area (Å²) in [4.78, 5) is 0. The summed E-state index contributed by atoms with van der Waals surface area (Å²) in [6.45, 7) is -0.178. The van der Waals surface area contributed by atoms with Crippen molar-refractivity contribution in [2.45, 2.75) is 12.5 Å². The smallest absolute Gasteiger partial charge is 0.120 e. The third kappa shape index (κ3) is 2.88. The number of aliphatic hydroxyl groups is 1. The Hall–Kier alpha value is -1.84. The van der Waals surface area contributed by atoms with E-state index in [2.05, 4.69) is 12.1 Å². The predicted octanol–water partition coefficient (Wildman–Crippen LogP) is 1.98. The third-order valence-corrected chi connectivity index (χ3v) is 2.94. The van der Waals surface area contributed by atoms with Crippen molar-refractivity contribution < 1.29 is 10.2 Å². The van der Waals surface area contributed by atoms with Crippen LogP contribution >= 0.6 is 0 Å². The first-order valence-corrected chi connectivity index (χ1v) is 5.93. The number of hydrogen-bond donors (Lipinski definition) is 3. The predicted molar refractivity (Wildman–Crippen MR) is 71.4 cm³/mol. The molecule has 0 saturated heterocycles. The third-order valence-electron chi connectivity index (χ3n) is 2.94. The van der Waals surface area contributed by atoms with Crippen LogP contribution in [-0.4, -0.2) is 16.8 Å². The first-order valence-electron chi connectivity index (χ1n) is 5.93. The SMILES string of the molecule is N[C@@H](CO)c1cc(Cc2ccccc2)ccc1O. The van der Waals surface area contributed by atoms with E-state index in [1.165, 1.54) is 5.56 Å². The van der Waals surface area contributed by atoms with Gasteiger partial charge in [0.2, 0.25) is 0 Å². The fraction of sp³-hybridized carbons (Fsp3) is 0.200. The summed E-state index contributed by atoms with van der Waals surface area (Å²) < 4.78 is 0. The number of hydrogen-bond acceptors (Lipinski definition) is 3. The highest BCUT2D eigenvalue weighted by molar-refractivity contribution is 5.40. The molecule has 0 radical (unpaired) electrons. The number of nitrogens with two attached hydrogens (primary N) is 1. The van der Waals surface area contributed by atoms with Crippen LogP contribution in [0.2, 0.25) is 0 Å².